The summed E-state index contributed by atoms with van der Waals surface area (Å²) >= 11 is 0. The highest BCUT2D eigenvalue weighted by Crippen LogP contribution is 2.00. The lowest BCUT2D eigenvalue weighted by atomic mass is 10.2. The number of carbonyl (C=O) groups excluding carboxylic acids is 1. The second kappa shape index (κ2) is 6.98. The number of nitrogens with zero attached hydrogens (tertiary/aromatic N) is 3. The van der Waals surface area contributed by atoms with Crippen LogP contribution in [-0.2, 0) is 16.1 Å². The van der Waals surface area contributed by atoms with Gasteiger partial charge in [0.25, 0.3) is 0 Å². The molecule has 0 aliphatic carbocycles. The molecule has 0 fully saturated rings. The van der Waals surface area contributed by atoms with E-state index in [1.165, 1.54) is 6.33 Å². The summed E-state index contributed by atoms with van der Waals surface area (Å²) in [5.41, 5.74) is 0. The highest BCUT2D eigenvalue weighted by Gasteiger charge is 2.01. The maximum atomic E-state index is 11.2. The van der Waals surface area contributed by atoms with E-state index in [-0.39, 0.29) is 5.97 Å². The molecule has 0 bridgehead atoms. The molecule has 5 nitrogen and oxygen atoms in total. The monoisotopic (exact) mass is 211 g/mol. The Morgan fingerprint density at radius 1 is 1.47 bits per heavy atom. The van der Waals surface area contributed by atoms with Crippen LogP contribution in [-0.4, -0.2) is 27.3 Å². The van der Waals surface area contributed by atoms with Crippen LogP contribution in [0.3, 0.4) is 0 Å². The second-order valence-corrected chi connectivity index (χ2v) is 3.34. The molecule has 5 heteroatoms. The number of hydrogen-bond acceptors (Lipinski definition) is 4. The van der Waals surface area contributed by atoms with Crippen LogP contribution in [0, 0.1) is 0 Å². The predicted molar refractivity (Wildman–Crippen MR) is 55.1 cm³/mol. The predicted octanol–water partition coefficient (Wildman–Crippen LogP) is 1.40. The van der Waals surface area contributed by atoms with Gasteiger partial charge < -0.3 is 4.74 Å². The van der Waals surface area contributed by atoms with E-state index in [2.05, 4.69) is 17.0 Å². The topological polar surface area (TPSA) is 57.0 Å². The van der Waals surface area contributed by atoms with E-state index in [4.69, 9.17) is 4.74 Å². The molecule has 0 radical (unpaired) electrons. The number of carbonyl (C=O) groups is 1. The van der Waals surface area contributed by atoms with Gasteiger partial charge in [-0.15, -0.1) is 0 Å². The van der Waals surface area contributed by atoms with Crippen molar-refractivity contribution in [3.63, 3.8) is 0 Å². The van der Waals surface area contributed by atoms with E-state index < -0.39 is 0 Å². The van der Waals surface area contributed by atoms with Crippen LogP contribution in [0.1, 0.15) is 32.6 Å². The summed E-state index contributed by atoms with van der Waals surface area (Å²) in [6.07, 6.45) is 6.70. The third kappa shape index (κ3) is 5.15. The first-order chi connectivity index (χ1) is 7.33. The van der Waals surface area contributed by atoms with Gasteiger partial charge in [0.1, 0.15) is 19.3 Å². The Morgan fingerprint density at radius 3 is 3.00 bits per heavy atom. The van der Waals surface area contributed by atoms with Gasteiger partial charge in [0.2, 0.25) is 0 Å². The Morgan fingerprint density at radius 2 is 2.33 bits per heavy atom. The van der Waals surface area contributed by atoms with E-state index in [0.29, 0.717) is 19.6 Å². The molecule has 1 rings (SSSR count). The van der Waals surface area contributed by atoms with Crippen LogP contribution in [0.15, 0.2) is 12.7 Å². The first kappa shape index (κ1) is 11.7. The molecule has 0 aliphatic rings. The maximum absolute atomic E-state index is 11.2. The number of aromatic nitrogens is 3. The van der Waals surface area contributed by atoms with Crippen molar-refractivity contribution in [2.24, 2.45) is 0 Å². The Kier molecular flexibility index (Phi) is 5.43. The average Bonchev–Trinajstić information content (AvgIpc) is 2.71. The number of unbranched alkanes of at least 4 members (excludes halogenated alkanes) is 2. The van der Waals surface area contributed by atoms with Gasteiger partial charge >= 0.3 is 5.97 Å². The highest BCUT2D eigenvalue weighted by molar-refractivity contribution is 5.69. The summed E-state index contributed by atoms with van der Waals surface area (Å²) in [6, 6.07) is 0. The Hall–Kier alpha value is -1.39. The van der Waals surface area contributed by atoms with Gasteiger partial charge in [-0.2, -0.15) is 5.10 Å². The lowest BCUT2D eigenvalue weighted by molar-refractivity contribution is -0.144. The lowest BCUT2D eigenvalue weighted by Gasteiger charge is -2.03. The van der Waals surface area contributed by atoms with Gasteiger partial charge in [-0.25, -0.2) is 9.67 Å². The smallest absolute Gasteiger partial charge is 0.305 e. The molecule has 0 unspecified atom stereocenters. The highest BCUT2D eigenvalue weighted by atomic mass is 16.5. The van der Waals surface area contributed by atoms with Crippen molar-refractivity contribution in [3.8, 4) is 0 Å². The molecule has 0 aromatic carbocycles. The average molecular weight is 211 g/mol. The van der Waals surface area contributed by atoms with E-state index in [1.54, 1.807) is 11.0 Å². The van der Waals surface area contributed by atoms with Crippen LogP contribution >= 0.6 is 0 Å². The van der Waals surface area contributed by atoms with Crippen LogP contribution in [0.5, 0.6) is 0 Å². The third-order valence-electron chi connectivity index (χ3n) is 2.03. The zero-order valence-electron chi connectivity index (χ0n) is 9.06. The van der Waals surface area contributed by atoms with Crippen LogP contribution in [0.4, 0.5) is 0 Å². The van der Waals surface area contributed by atoms with Crippen LogP contribution in [0.25, 0.3) is 0 Å². The zero-order chi connectivity index (χ0) is 10.9. The van der Waals surface area contributed by atoms with Crippen molar-refractivity contribution < 1.29 is 9.53 Å². The van der Waals surface area contributed by atoms with E-state index in [0.717, 1.165) is 19.3 Å². The summed E-state index contributed by atoms with van der Waals surface area (Å²) in [5.74, 6) is -0.122. The minimum absolute atomic E-state index is 0.122. The SMILES string of the molecule is CCCCCC(=O)OCCn1cncn1. The summed E-state index contributed by atoms with van der Waals surface area (Å²) in [7, 11) is 0. The Bertz CT molecular complexity index is 272. The fourth-order valence-corrected chi connectivity index (χ4v) is 1.19. The summed E-state index contributed by atoms with van der Waals surface area (Å²) in [4.78, 5) is 15.0. The molecule has 84 valence electrons. The summed E-state index contributed by atoms with van der Waals surface area (Å²) < 4.78 is 6.67. The summed E-state index contributed by atoms with van der Waals surface area (Å²) in [5, 5.41) is 3.90. The normalized spacial score (nSPS) is 10.2. The second-order valence-electron chi connectivity index (χ2n) is 3.34. The summed E-state index contributed by atoms with van der Waals surface area (Å²) in [6.45, 7) is 3.05. The van der Waals surface area contributed by atoms with Gasteiger partial charge in [0.15, 0.2) is 0 Å². The van der Waals surface area contributed by atoms with E-state index in [1.807, 2.05) is 0 Å². The fourth-order valence-electron chi connectivity index (χ4n) is 1.19. The standard InChI is InChI=1S/C10H17N3O2/c1-2-3-4-5-10(14)15-7-6-13-9-11-8-12-13/h8-9H,2-7H2,1H3. The molecule has 1 aromatic heterocycles. The number of rotatable bonds is 7. The molecule has 0 atom stereocenters. The molecular weight excluding hydrogens is 194 g/mol. The third-order valence-corrected chi connectivity index (χ3v) is 2.03. The minimum Gasteiger partial charge on any atom is -0.464 e. The van der Waals surface area contributed by atoms with Gasteiger partial charge in [0.05, 0.1) is 6.54 Å². The Labute approximate surface area is 89.5 Å². The van der Waals surface area contributed by atoms with Crippen LogP contribution < -0.4 is 0 Å². The molecule has 0 aliphatic heterocycles. The number of hydrogen-bond donors (Lipinski definition) is 0. The Balaban J connectivity index is 2.02. The van der Waals surface area contributed by atoms with Gasteiger partial charge in [-0.1, -0.05) is 19.8 Å². The maximum Gasteiger partial charge on any atom is 0.305 e. The molecule has 0 saturated carbocycles. The molecular formula is C10H17N3O2. The first-order valence-electron chi connectivity index (χ1n) is 5.31. The largest absolute Gasteiger partial charge is 0.464 e. The van der Waals surface area contributed by atoms with Crippen molar-refractivity contribution in [1.82, 2.24) is 14.8 Å². The fraction of sp³-hybridized carbons (Fsp3) is 0.700. The van der Waals surface area contributed by atoms with Gasteiger partial charge in [-0.3, -0.25) is 4.79 Å². The van der Waals surface area contributed by atoms with Crippen molar-refractivity contribution in [1.29, 1.82) is 0 Å². The van der Waals surface area contributed by atoms with Crippen molar-refractivity contribution in [2.45, 2.75) is 39.2 Å². The molecule has 0 N–H and O–H groups in total. The van der Waals surface area contributed by atoms with Crippen molar-refractivity contribution in [3.05, 3.63) is 12.7 Å². The molecule has 1 heterocycles. The zero-order valence-corrected chi connectivity index (χ0v) is 9.06. The quantitative estimate of drug-likeness (QED) is 0.505. The van der Waals surface area contributed by atoms with Crippen molar-refractivity contribution >= 4 is 5.97 Å². The number of esters is 1. The minimum atomic E-state index is -0.122. The lowest BCUT2D eigenvalue weighted by Crippen LogP contribution is -2.11. The van der Waals surface area contributed by atoms with E-state index in [9.17, 15) is 4.79 Å². The van der Waals surface area contributed by atoms with E-state index >= 15 is 0 Å². The van der Waals surface area contributed by atoms with Gasteiger partial charge in [0, 0.05) is 6.42 Å². The molecule has 0 amide bonds. The number of ether oxygens (including phenoxy) is 1. The van der Waals surface area contributed by atoms with Crippen molar-refractivity contribution in [2.75, 3.05) is 6.61 Å². The molecule has 1 aromatic rings. The van der Waals surface area contributed by atoms with Crippen LogP contribution in [0.2, 0.25) is 0 Å². The molecule has 0 saturated heterocycles. The molecule has 15 heavy (non-hydrogen) atoms. The first-order valence-corrected chi connectivity index (χ1v) is 5.31. The van der Waals surface area contributed by atoms with Gasteiger partial charge in [-0.05, 0) is 6.42 Å². The molecule has 0 spiro atoms.